The summed E-state index contributed by atoms with van der Waals surface area (Å²) in [7, 11) is 0. The minimum absolute atomic E-state index is 0.0629. The summed E-state index contributed by atoms with van der Waals surface area (Å²) in [6, 6.07) is 0.617. The van der Waals surface area contributed by atoms with Crippen LogP contribution in [-0.2, 0) is 6.42 Å². The van der Waals surface area contributed by atoms with Gasteiger partial charge in [-0.15, -0.1) is 0 Å². The van der Waals surface area contributed by atoms with Crippen LogP contribution in [0.25, 0.3) is 0 Å². The van der Waals surface area contributed by atoms with Crippen LogP contribution in [0, 0.1) is 0 Å². The average molecular weight is 239 g/mol. The Kier molecular flexibility index (Phi) is 4.12. The maximum absolute atomic E-state index is 8.80. The maximum Gasteiger partial charge on any atom is 0.228 e. The summed E-state index contributed by atoms with van der Waals surface area (Å²) in [6.07, 6.45) is 2.64. The van der Waals surface area contributed by atoms with Gasteiger partial charge in [-0.2, -0.15) is 4.98 Å². The minimum Gasteiger partial charge on any atom is -0.396 e. The van der Waals surface area contributed by atoms with E-state index in [1.807, 2.05) is 0 Å². The van der Waals surface area contributed by atoms with Crippen molar-refractivity contribution < 1.29 is 9.63 Å². The van der Waals surface area contributed by atoms with Crippen molar-refractivity contribution in [3.8, 4) is 0 Å². The molecule has 1 saturated heterocycles. The van der Waals surface area contributed by atoms with Crippen LogP contribution < -0.4 is 0 Å². The lowest BCUT2D eigenvalue weighted by Gasteiger charge is -2.33. The molecule has 0 bridgehead atoms. The van der Waals surface area contributed by atoms with E-state index in [1.165, 1.54) is 0 Å². The summed E-state index contributed by atoms with van der Waals surface area (Å²) in [4.78, 5) is 6.81. The molecule has 17 heavy (non-hydrogen) atoms. The molecule has 0 aliphatic carbocycles. The monoisotopic (exact) mass is 239 g/mol. The first kappa shape index (κ1) is 12.5. The molecule has 0 spiro atoms. The highest BCUT2D eigenvalue weighted by atomic mass is 16.5. The lowest BCUT2D eigenvalue weighted by atomic mass is 9.95. The third kappa shape index (κ3) is 3.04. The summed E-state index contributed by atoms with van der Waals surface area (Å²) in [5.41, 5.74) is 0. The van der Waals surface area contributed by atoms with Gasteiger partial charge in [0.05, 0.1) is 13.0 Å². The van der Waals surface area contributed by atoms with Gasteiger partial charge in [-0.05, 0) is 39.8 Å². The second kappa shape index (κ2) is 5.60. The third-order valence-electron chi connectivity index (χ3n) is 3.43. The van der Waals surface area contributed by atoms with Crippen molar-refractivity contribution in [2.45, 2.75) is 45.1 Å². The number of hydrogen-bond acceptors (Lipinski definition) is 5. The van der Waals surface area contributed by atoms with Crippen LogP contribution in [0.2, 0.25) is 0 Å². The fourth-order valence-corrected chi connectivity index (χ4v) is 2.31. The third-order valence-corrected chi connectivity index (χ3v) is 3.43. The van der Waals surface area contributed by atoms with Crippen molar-refractivity contribution in [3.63, 3.8) is 0 Å². The van der Waals surface area contributed by atoms with Gasteiger partial charge in [-0.1, -0.05) is 5.16 Å². The number of aliphatic hydroxyl groups is 1. The van der Waals surface area contributed by atoms with E-state index < -0.39 is 0 Å². The van der Waals surface area contributed by atoms with Gasteiger partial charge in [-0.3, -0.25) is 0 Å². The number of nitrogens with zero attached hydrogens (tertiary/aromatic N) is 3. The van der Waals surface area contributed by atoms with Gasteiger partial charge >= 0.3 is 0 Å². The maximum atomic E-state index is 8.80. The van der Waals surface area contributed by atoms with Gasteiger partial charge in [-0.25, -0.2) is 0 Å². The summed E-state index contributed by atoms with van der Waals surface area (Å²) in [5.74, 6) is 1.78. The van der Waals surface area contributed by atoms with E-state index in [4.69, 9.17) is 9.63 Å². The molecule has 2 heterocycles. The molecule has 1 N–H and O–H groups in total. The standard InChI is InChI=1S/C12H21N3O2/c1-9(2)15-6-3-10(4-7-15)12-13-11(5-8-16)17-14-12/h9-10,16H,3-8H2,1-2H3. The summed E-state index contributed by atoms with van der Waals surface area (Å²) in [6.45, 7) is 6.73. The van der Waals surface area contributed by atoms with Gasteiger partial charge in [0.15, 0.2) is 5.82 Å². The molecule has 1 aromatic rings. The molecule has 1 fully saturated rings. The molecule has 5 nitrogen and oxygen atoms in total. The van der Waals surface area contributed by atoms with Crippen LogP contribution in [0.1, 0.15) is 44.3 Å². The molecule has 96 valence electrons. The van der Waals surface area contributed by atoms with E-state index in [1.54, 1.807) is 0 Å². The van der Waals surface area contributed by atoms with Crippen molar-refractivity contribution >= 4 is 0 Å². The van der Waals surface area contributed by atoms with E-state index in [9.17, 15) is 0 Å². The predicted octanol–water partition coefficient (Wildman–Crippen LogP) is 1.19. The van der Waals surface area contributed by atoms with Crippen molar-refractivity contribution in [3.05, 3.63) is 11.7 Å². The van der Waals surface area contributed by atoms with Crippen molar-refractivity contribution in [2.75, 3.05) is 19.7 Å². The van der Waals surface area contributed by atoms with E-state index in [0.717, 1.165) is 31.8 Å². The quantitative estimate of drug-likeness (QED) is 0.855. The fraction of sp³-hybridized carbons (Fsp3) is 0.833. The van der Waals surface area contributed by atoms with Gasteiger partial charge in [0.2, 0.25) is 5.89 Å². The largest absolute Gasteiger partial charge is 0.396 e. The number of aliphatic hydroxyl groups excluding tert-OH is 1. The molecule has 0 radical (unpaired) electrons. The van der Waals surface area contributed by atoms with Crippen molar-refractivity contribution in [2.24, 2.45) is 0 Å². The van der Waals surface area contributed by atoms with Crippen LogP contribution >= 0.6 is 0 Å². The number of aromatic nitrogens is 2. The highest BCUT2D eigenvalue weighted by Gasteiger charge is 2.25. The Morgan fingerprint density at radius 2 is 2.12 bits per heavy atom. The Hall–Kier alpha value is -0.940. The SMILES string of the molecule is CC(C)N1CCC(c2noc(CCO)n2)CC1. The molecular weight excluding hydrogens is 218 g/mol. The highest BCUT2D eigenvalue weighted by molar-refractivity contribution is 4.98. The molecular formula is C12H21N3O2. The first-order valence-corrected chi connectivity index (χ1v) is 6.38. The Morgan fingerprint density at radius 1 is 1.41 bits per heavy atom. The van der Waals surface area contributed by atoms with Gasteiger partial charge in [0.25, 0.3) is 0 Å². The smallest absolute Gasteiger partial charge is 0.228 e. The molecule has 2 rings (SSSR count). The highest BCUT2D eigenvalue weighted by Crippen LogP contribution is 2.26. The van der Waals surface area contributed by atoms with Crippen LogP contribution in [0.5, 0.6) is 0 Å². The van der Waals surface area contributed by atoms with Crippen LogP contribution in [0.3, 0.4) is 0 Å². The lowest BCUT2D eigenvalue weighted by Crippen LogP contribution is -2.38. The van der Waals surface area contributed by atoms with E-state index in [-0.39, 0.29) is 6.61 Å². The van der Waals surface area contributed by atoms with Crippen molar-refractivity contribution in [1.82, 2.24) is 15.0 Å². The molecule has 0 amide bonds. The Labute approximate surface area is 102 Å². The Balaban J connectivity index is 1.91. The van der Waals surface area contributed by atoms with Gasteiger partial charge in [0, 0.05) is 12.0 Å². The van der Waals surface area contributed by atoms with Crippen molar-refractivity contribution in [1.29, 1.82) is 0 Å². The minimum atomic E-state index is 0.0629. The molecule has 0 atom stereocenters. The normalized spacial score (nSPS) is 19.1. The first-order valence-electron chi connectivity index (χ1n) is 6.38. The van der Waals surface area contributed by atoms with Crippen LogP contribution in [0.15, 0.2) is 4.52 Å². The summed E-state index contributed by atoms with van der Waals surface area (Å²) < 4.78 is 5.10. The molecule has 1 aliphatic heterocycles. The van der Waals surface area contributed by atoms with Crippen LogP contribution in [0.4, 0.5) is 0 Å². The summed E-state index contributed by atoms with van der Waals surface area (Å²) >= 11 is 0. The number of likely N-dealkylation sites (tertiary alicyclic amines) is 1. The van der Waals surface area contributed by atoms with Gasteiger partial charge in [0.1, 0.15) is 0 Å². The predicted molar refractivity (Wildman–Crippen MR) is 63.8 cm³/mol. The number of hydrogen-bond donors (Lipinski definition) is 1. The number of piperidine rings is 1. The molecule has 5 heteroatoms. The molecule has 0 saturated carbocycles. The Morgan fingerprint density at radius 3 is 2.71 bits per heavy atom. The second-order valence-electron chi connectivity index (χ2n) is 4.92. The fourth-order valence-electron chi connectivity index (χ4n) is 2.31. The Bertz CT molecular complexity index is 343. The topological polar surface area (TPSA) is 62.4 Å². The molecule has 1 aromatic heterocycles. The van der Waals surface area contributed by atoms with E-state index in [0.29, 0.717) is 24.3 Å². The zero-order valence-corrected chi connectivity index (χ0v) is 10.6. The van der Waals surface area contributed by atoms with E-state index >= 15 is 0 Å². The molecule has 0 unspecified atom stereocenters. The zero-order valence-electron chi connectivity index (χ0n) is 10.6. The number of rotatable bonds is 4. The lowest BCUT2D eigenvalue weighted by molar-refractivity contribution is 0.168. The first-order chi connectivity index (χ1) is 8.20. The zero-order chi connectivity index (χ0) is 12.3. The summed E-state index contributed by atoms with van der Waals surface area (Å²) in [5, 5.41) is 12.8. The molecule has 0 aromatic carbocycles. The van der Waals surface area contributed by atoms with E-state index in [2.05, 4.69) is 28.9 Å². The average Bonchev–Trinajstić information content (AvgIpc) is 2.78. The van der Waals surface area contributed by atoms with Crippen LogP contribution in [-0.4, -0.2) is 45.9 Å². The second-order valence-corrected chi connectivity index (χ2v) is 4.92. The van der Waals surface area contributed by atoms with Gasteiger partial charge < -0.3 is 14.5 Å². The molecule has 1 aliphatic rings.